The fraction of sp³-hybridized carbons (Fsp3) is 0.125. The lowest BCUT2D eigenvalue weighted by molar-refractivity contribution is 1.24. The van der Waals surface area contributed by atoms with Crippen molar-refractivity contribution < 1.29 is 0 Å². The molecule has 2 nitrogen and oxygen atoms in total. The summed E-state index contributed by atoms with van der Waals surface area (Å²) in [6.07, 6.45) is 2.23. The first-order valence-electron chi connectivity index (χ1n) is 8.90. The molecule has 0 radical (unpaired) electrons. The van der Waals surface area contributed by atoms with E-state index in [1.807, 2.05) is 18.2 Å². The topological polar surface area (TPSA) is 49.9 Å². The second-order valence-electron chi connectivity index (χ2n) is 6.43. The molecular weight excluding hydrogens is 316 g/mol. The van der Waals surface area contributed by atoms with Crippen molar-refractivity contribution in [3.63, 3.8) is 0 Å². The highest BCUT2D eigenvalue weighted by Gasteiger charge is 2.14. The maximum absolute atomic E-state index is 7.65. The molecule has 3 aromatic rings. The molecule has 0 aliphatic heterocycles. The molecule has 3 N–H and O–H groups in total. The van der Waals surface area contributed by atoms with Gasteiger partial charge in [0.05, 0.1) is 0 Å². The standard InChI is InChI=1S/C24H24N2/c1-3-22(18-7-5-4-6-8-18)24(19-11-9-17(2)10-12-19)20-13-14-23(26)21(15-20)16-25/h4-16,25H,3,26H2,1-2H3/b24-22+,25-16?. The van der Waals surface area contributed by atoms with Gasteiger partial charge in [-0.3, -0.25) is 0 Å². The first kappa shape index (κ1) is 17.7. The molecule has 0 spiro atoms. The number of rotatable bonds is 5. The van der Waals surface area contributed by atoms with Crippen molar-refractivity contribution in [2.75, 3.05) is 5.73 Å². The Bertz CT molecular complexity index is 936. The minimum absolute atomic E-state index is 0.629. The van der Waals surface area contributed by atoms with Crippen molar-refractivity contribution in [2.24, 2.45) is 0 Å². The second-order valence-corrected chi connectivity index (χ2v) is 6.43. The van der Waals surface area contributed by atoms with E-state index in [0.29, 0.717) is 5.69 Å². The molecule has 0 amide bonds. The summed E-state index contributed by atoms with van der Waals surface area (Å²) in [4.78, 5) is 0. The van der Waals surface area contributed by atoms with Gasteiger partial charge in [0.25, 0.3) is 0 Å². The maximum atomic E-state index is 7.65. The van der Waals surface area contributed by atoms with Crippen LogP contribution in [0.25, 0.3) is 11.1 Å². The van der Waals surface area contributed by atoms with Crippen LogP contribution in [0.4, 0.5) is 5.69 Å². The zero-order valence-corrected chi connectivity index (χ0v) is 15.3. The molecule has 0 saturated heterocycles. The minimum atomic E-state index is 0.629. The molecule has 3 aromatic carbocycles. The summed E-state index contributed by atoms with van der Waals surface area (Å²) >= 11 is 0. The van der Waals surface area contributed by atoms with Crippen molar-refractivity contribution in [1.82, 2.24) is 0 Å². The average Bonchev–Trinajstić information content (AvgIpc) is 2.68. The Morgan fingerprint density at radius 1 is 0.885 bits per heavy atom. The van der Waals surface area contributed by atoms with E-state index in [-0.39, 0.29) is 0 Å². The smallest absolute Gasteiger partial charge is 0.0403 e. The van der Waals surface area contributed by atoms with Crippen LogP contribution in [0.1, 0.15) is 41.2 Å². The molecule has 0 aliphatic carbocycles. The van der Waals surface area contributed by atoms with Crippen LogP contribution in [0.3, 0.4) is 0 Å². The van der Waals surface area contributed by atoms with Crippen molar-refractivity contribution >= 4 is 23.0 Å². The van der Waals surface area contributed by atoms with Crippen molar-refractivity contribution in [3.05, 3.63) is 101 Å². The van der Waals surface area contributed by atoms with Gasteiger partial charge < -0.3 is 11.1 Å². The lowest BCUT2D eigenvalue weighted by Gasteiger charge is -2.17. The molecular formula is C24H24N2. The van der Waals surface area contributed by atoms with Gasteiger partial charge in [0.1, 0.15) is 0 Å². The highest BCUT2D eigenvalue weighted by atomic mass is 14.6. The van der Waals surface area contributed by atoms with Gasteiger partial charge in [0, 0.05) is 17.5 Å². The summed E-state index contributed by atoms with van der Waals surface area (Å²) in [5.74, 6) is 0. The maximum Gasteiger partial charge on any atom is 0.0403 e. The summed E-state index contributed by atoms with van der Waals surface area (Å²) in [5.41, 5.74) is 14.6. The van der Waals surface area contributed by atoms with Crippen LogP contribution in [0, 0.1) is 12.3 Å². The van der Waals surface area contributed by atoms with E-state index in [1.54, 1.807) is 0 Å². The number of aryl methyl sites for hydroxylation is 1. The molecule has 0 bridgehead atoms. The Labute approximate surface area is 155 Å². The first-order chi connectivity index (χ1) is 12.6. The summed E-state index contributed by atoms with van der Waals surface area (Å²) in [6.45, 7) is 4.28. The quantitative estimate of drug-likeness (QED) is 0.337. The van der Waals surface area contributed by atoms with Crippen molar-refractivity contribution in [3.8, 4) is 0 Å². The predicted molar refractivity (Wildman–Crippen MR) is 113 cm³/mol. The van der Waals surface area contributed by atoms with Gasteiger partial charge in [-0.25, -0.2) is 0 Å². The normalized spacial score (nSPS) is 11.8. The van der Waals surface area contributed by atoms with Gasteiger partial charge in [-0.2, -0.15) is 0 Å². The number of hydrogen-bond acceptors (Lipinski definition) is 2. The predicted octanol–water partition coefficient (Wildman–Crippen LogP) is 5.94. The zero-order chi connectivity index (χ0) is 18.5. The minimum Gasteiger partial charge on any atom is -0.398 e. The molecule has 0 saturated carbocycles. The Kier molecular flexibility index (Phi) is 5.33. The molecule has 3 rings (SSSR count). The second kappa shape index (κ2) is 7.83. The van der Waals surface area contributed by atoms with Crippen LogP contribution < -0.4 is 5.73 Å². The summed E-state index contributed by atoms with van der Waals surface area (Å²) in [5, 5.41) is 7.65. The average molecular weight is 340 g/mol. The van der Waals surface area contributed by atoms with Crippen LogP contribution in [-0.4, -0.2) is 6.21 Å². The summed E-state index contributed by atoms with van der Waals surface area (Å²) in [6, 6.07) is 25.1. The molecule has 2 heteroatoms. The van der Waals surface area contributed by atoms with Gasteiger partial charge in [-0.1, -0.05) is 73.2 Å². The molecule has 0 aromatic heterocycles. The van der Waals surface area contributed by atoms with Gasteiger partial charge in [-0.05, 0) is 53.3 Å². The van der Waals surface area contributed by atoms with Crippen LogP contribution in [0.15, 0.2) is 72.8 Å². The van der Waals surface area contributed by atoms with Crippen LogP contribution >= 0.6 is 0 Å². The van der Waals surface area contributed by atoms with Crippen molar-refractivity contribution in [1.29, 1.82) is 5.41 Å². The molecule has 0 heterocycles. The molecule has 0 aliphatic rings. The third-order valence-corrected chi connectivity index (χ3v) is 4.65. The number of nitrogens with two attached hydrogens (primary N) is 1. The summed E-state index contributed by atoms with van der Waals surface area (Å²) < 4.78 is 0. The van der Waals surface area contributed by atoms with Crippen molar-refractivity contribution in [2.45, 2.75) is 20.3 Å². The van der Waals surface area contributed by atoms with Crippen LogP contribution in [-0.2, 0) is 0 Å². The largest absolute Gasteiger partial charge is 0.398 e. The number of nitrogen functional groups attached to an aromatic ring is 1. The van der Waals surface area contributed by atoms with E-state index in [0.717, 1.165) is 17.5 Å². The number of anilines is 1. The molecule has 26 heavy (non-hydrogen) atoms. The SMILES string of the molecule is CC/C(=C(/c1ccc(C)cc1)c1ccc(N)c(C=N)c1)c1ccccc1. The van der Waals surface area contributed by atoms with E-state index in [4.69, 9.17) is 11.1 Å². The Morgan fingerprint density at radius 2 is 1.54 bits per heavy atom. The Balaban J connectivity index is 2.31. The third-order valence-electron chi connectivity index (χ3n) is 4.65. The lowest BCUT2D eigenvalue weighted by Crippen LogP contribution is -1.99. The van der Waals surface area contributed by atoms with E-state index >= 15 is 0 Å². The highest BCUT2D eigenvalue weighted by Crippen LogP contribution is 2.35. The molecule has 130 valence electrons. The van der Waals surface area contributed by atoms with E-state index in [2.05, 4.69) is 68.4 Å². The van der Waals surface area contributed by atoms with Gasteiger partial charge in [0.2, 0.25) is 0 Å². The van der Waals surface area contributed by atoms with E-state index in [9.17, 15) is 0 Å². The number of allylic oxidation sites excluding steroid dienone is 1. The van der Waals surface area contributed by atoms with Crippen LogP contribution in [0.5, 0.6) is 0 Å². The Hall–Kier alpha value is -3.13. The van der Waals surface area contributed by atoms with Gasteiger partial charge >= 0.3 is 0 Å². The molecule has 0 atom stereocenters. The van der Waals surface area contributed by atoms with Crippen LogP contribution in [0.2, 0.25) is 0 Å². The van der Waals surface area contributed by atoms with E-state index < -0.39 is 0 Å². The number of nitrogens with one attached hydrogen (secondary N) is 1. The molecule has 0 unspecified atom stereocenters. The van der Waals surface area contributed by atoms with Gasteiger partial charge in [-0.15, -0.1) is 0 Å². The first-order valence-corrected chi connectivity index (χ1v) is 8.90. The Morgan fingerprint density at radius 3 is 2.15 bits per heavy atom. The third kappa shape index (κ3) is 3.60. The van der Waals surface area contributed by atoms with Gasteiger partial charge in [0.15, 0.2) is 0 Å². The monoisotopic (exact) mass is 340 g/mol. The zero-order valence-electron chi connectivity index (χ0n) is 15.3. The molecule has 0 fully saturated rings. The number of hydrogen-bond donors (Lipinski definition) is 2. The fourth-order valence-corrected chi connectivity index (χ4v) is 3.26. The number of benzene rings is 3. The highest BCUT2D eigenvalue weighted by molar-refractivity contribution is 6.00. The van der Waals surface area contributed by atoms with E-state index in [1.165, 1.54) is 34.1 Å². The lowest BCUT2D eigenvalue weighted by atomic mass is 9.87. The summed E-state index contributed by atoms with van der Waals surface area (Å²) in [7, 11) is 0. The fourth-order valence-electron chi connectivity index (χ4n) is 3.26.